The Hall–Kier alpha value is -1.75. The minimum atomic E-state index is -1.35. The summed E-state index contributed by atoms with van der Waals surface area (Å²) in [5, 5.41) is 12.0. The second kappa shape index (κ2) is 5.56. The van der Waals surface area contributed by atoms with Crippen LogP contribution in [0.2, 0.25) is 0 Å². The molecule has 0 N–H and O–H groups in total. The van der Waals surface area contributed by atoms with Gasteiger partial charge in [0.15, 0.2) is 11.5 Å². The van der Waals surface area contributed by atoms with Gasteiger partial charge in [-0.1, -0.05) is 32.9 Å². The summed E-state index contributed by atoms with van der Waals surface area (Å²) in [6.45, 7) is 8.46. The summed E-state index contributed by atoms with van der Waals surface area (Å²) in [5.41, 5.74) is -1.35. The van der Waals surface area contributed by atoms with Crippen molar-refractivity contribution in [2.45, 2.75) is 45.4 Å². The van der Waals surface area contributed by atoms with Crippen molar-refractivity contribution in [3.05, 3.63) is 24.3 Å². The Kier molecular flexibility index (Phi) is 4.14. The summed E-state index contributed by atoms with van der Waals surface area (Å²) < 4.78 is 11.8. The lowest BCUT2D eigenvalue weighted by atomic mass is 9.84. The van der Waals surface area contributed by atoms with Gasteiger partial charge in [-0.05, 0) is 31.6 Å². The van der Waals surface area contributed by atoms with E-state index in [-0.39, 0.29) is 0 Å². The standard InChI is InChI=1S/C16H23NO4/c1-5-16(14(18)19,17(6-2)7-3)15(4)20-12-10-8-9-11-13(12)21-15/h8-11H,5-7H2,1-4H3,(H,18,19)/p-1. The number of carboxylic acids is 1. The average molecular weight is 292 g/mol. The Morgan fingerprint density at radius 2 is 1.67 bits per heavy atom. The van der Waals surface area contributed by atoms with Crippen LogP contribution in [0, 0.1) is 0 Å². The fraction of sp³-hybridized carbons (Fsp3) is 0.562. The molecule has 5 nitrogen and oxygen atoms in total. The van der Waals surface area contributed by atoms with Crippen LogP contribution in [0.25, 0.3) is 0 Å². The lowest BCUT2D eigenvalue weighted by Crippen LogP contribution is -2.73. The highest BCUT2D eigenvalue weighted by molar-refractivity contribution is 5.79. The maximum Gasteiger partial charge on any atom is 0.272 e. The lowest BCUT2D eigenvalue weighted by Gasteiger charge is -2.50. The maximum absolute atomic E-state index is 12.0. The van der Waals surface area contributed by atoms with Gasteiger partial charge in [-0.3, -0.25) is 4.90 Å². The number of para-hydroxylation sites is 2. The second-order valence-electron chi connectivity index (χ2n) is 5.27. The van der Waals surface area contributed by atoms with Crippen LogP contribution in [0.1, 0.15) is 34.1 Å². The van der Waals surface area contributed by atoms with Crippen molar-refractivity contribution in [2.24, 2.45) is 0 Å². The highest BCUT2D eigenvalue weighted by Gasteiger charge is 2.58. The van der Waals surface area contributed by atoms with E-state index in [1.807, 2.05) is 37.8 Å². The fourth-order valence-electron chi connectivity index (χ4n) is 3.28. The molecule has 0 saturated carbocycles. The number of ether oxygens (including phenoxy) is 2. The van der Waals surface area contributed by atoms with Crippen molar-refractivity contribution in [1.29, 1.82) is 0 Å². The van der Waals surface area contributed by atoms with Gasteiger partial charge in [0.1, 0.15) is 5.54 Å². The molecular weight excluding hydrogens is 270 g/mol. The first-order chi connectivity index (χ1) is 9.95. The van der Waals surface area contributed by atoms with E-state index in [4.69, 9.17) is 9.47 Å². The van der Waals surface area contributed by atoms with Crippen LogP contribution < -0.4 is 14.6 Å². The number of carbonyl (C=O) groups excluding carboxylic acids is 1. The van der Waals surface area contributed by atoms with Crippen molar-refractivity contribution in [3.8, 4) is 11.5 Å². The molecule has 0 aliphatic carbocycles. The molecule has 2 rings (SSSR count). The molecule has 1 unspecified atom stereocenters. The molecule has 0 spiro atoms. The van der Waals surface area contributed by atoms with Gasteiger partial charge >= 0.3 is 0 Å². The predicted octanol–water partition coefficient (Wildman–Crippen LogP) is 1.41. The third-order valence-electron chi connectivity index (χ3n) is 4.36. The SMILES string of the molecule is CCN(CC)C(CC)(C(=O)[O-])C1(C)Oc2ccccc2O1. The van der Waals surface area contributed by atoms with E-state index >= 15 is 0 Å². The zero-order valence-corrected chi connectivity index (χ0v) is 13.0. The van der Waals surface area contributed by atoms with Crippen molar-refractivity contribution >= 4 is 5.97 Å². The molecule has 0 amide bonds. The minimum absolute atomic E-state index is 0.321. The molecule has 0 saturated heterocycles. The van der Waals surface area contributed by atoms with E-state index in [1.54, 1.807) is 19.1 Å². The van der Waals surface area contributed by atoms with Gasteiger partial charge in [0.25, 0.3) is 5.79 Å². The highest BCUT2D eigenvalue weighted by Crippen LogP contribution is 2.46. The number of hydrogen-bond acceptors (Lipinski definition) is 5. The van der Waals surface area contributed by atoms with E-state index in [9.17, 15) is 9.90 Å². The molecular formula is C16H22NO4-. The highest BCUT2D eigenvalue weighted by atomic mass is 16.7. The Morgan fingerprint density at radius 3 is 2.00 bits per heavy atom. The monoisotopic (exact) mass is 292 g/mol. The molecule has 1 aromatic carbocycles. The normalized spacial score (nSPS) is 18.5. The first-order valence-corrected chi connectivity index (χ1v) is 7.38. The molecule has 116 valence electrons. The van der Waals surface area contributed by atoms with Gasteiger partial charge in [0, 0.05) is 6.92 Å². The summed E-state index contributed by atoms with van der Waals surface area (Å²) in [7, 11) is 0. The van der Waals surface area contributed by atoms with E-state index in [2.05, 4.69) is 0 Å². The molecule has 0 radical (unpaired) electrons. The van der Waals surface area contributed by atoms with Gasteiger partial charge in [0.2, 0.25) is 0 Å². The quantitative estimate of drug-likeness (QED) is 0.793. The summed E-state index contributed by atoms with van der Waals surface area (Å²) in [4.78, 5) is 13.9. The largest absolute Gasteiger partial charge is 0.548 e. The number of carbonyl (C=O) groups is 1. The Balaban J connectivity index is 2.50. The molecule has 1 heterocycles. The first kappa shape index (κ1) is 15.6. The summed E-state index contributed by atoms with van der Waals surface area (Å²) in [6, 6.07) is 7.22. The number of carboxylic acid groups (broad SMARTS) is 1. The summed E-state index contributed by atoms with van der Waals surface area (Å²) >= 11 is 0. The molecule has 1 atom stereocenters. The first-order valence-electron chi connectivity index (χ1n) is 7.38. The fourth-order valence-corrected chi connectivity index (χ4v) is 3.28. The van der Waals surface area contributed by atoms with Crippen LogP contribution in [0.5, 0.6) is 11.5 Å². The van der Waals surface area contributed by atoms with Crippen LogP contribution in [0.3, 0.4) is 0 Å². The van der Waals surface area contributed by atoms with Crippen LogP contribution in [-0.4, -0.2) is 35.3 Å². The van der Waals surface area contributed by atoms with E-state index < -0.39 is 17.3 Å². The molecule has 1 aliphatic heterocycles. The number of hydrogen-bond donors (Lipinski definition) is 0. The Labute approximate surface area is 125 Å². The van der Waals surface area contributed by atoms with Crippen molar-refractivity contribution in [2.75, 3.05) is 13.1 Å². The van der Waals surface area contributed by atoms with Crippen LogP contribution >= 0.6 is 0 Å². The van der Waals surface area contributed by atoms with Crippen molar-refractivity contribution in [3.63, 3.8) is 0 Å². The zero-order valence-electron chi connectivity index (χ0n) is 13.0. The van der Waals surface area contributed by atoms with E-state index in [0.29, 0.717) is 31.0 Å². The number of fused-ring (bicyclic) bond motifs is 1. The molecule has 0 aromatic heterocycles. The summed E-state index contributed by atoms with van der Waals surface area (Å²) in [5.74, 6) is -1.38. The number of likely N-dealkylation sites (N-methyl/N-ethyl adjacent to an activating group) is 1. The van der Waals surface area contributed by atoms with Gasteiger partial charge in [-0.2, -0.15) is 0 Å². The van der Waals surface area contributed by atoms with Crippen LogP contribution in [-0.2, 0) is 4.79 Å². The average Bonchev–Trinajstić information content (AvgIpc) is 2.81. The van der Waals surface area contributed by atoms with Gasteiger partial charge in [-0.15, -0.1) is 0 Å². The van der Waals surface area contributed by atoms with E-state index in [0.717, 1.165) is 0 Å². The molecule has 1 aromatic rings. The van der Waals surface area contributed by atoms with Crippen LogP contribution in [0.15, 0.2) is 24.3 Å². The van der Waals surface area contributed by atoms with Gasteiger partial charge < -0.3 is 19.4 Å². The smallest absolute Gasteiger partial charge is 0.272 e. The van der Waals surface area contributed by atoms with Crippen LogP contribution in [0.4, 0.5) is 0 Å². The maximum atomic E-state index is 12.0. The molecule has 0 bridgehead atoms. The number of rotatable bonds is 6. The summed E-state index contributed by atoms with van der Waals surface area (Å²) in [6.07, 6.45) is 0.321. The van der Waals surface area contributed by atoms with E-state index in [1.165, 1.54) is 0 Å². The Bertz CT molecular complexity index is 502. The lowest BCUT2D eigenvalue weighted by molar-refractivity contribution is -0.335. The molecule has 0 fully saturated rings. The third-order valence-corrected chi connectivity index (χ3v) is 4.36. The van der Waals surface area contributed by atoms with Gasteiger partial charge in [0.05, 0.1) is 5.97 Å². The predicted molar refractivity (Wildman–Crippen MR) is 77.1 cm³/mol. The molecule has 1 aliphatic rings. The second-order valence-corrected chi connectivity index (χ2v) is 5.27. The van der Waals surface area contributed by atoms with Gasteiger partial charge in [-0.25, -0.2) is 0 Å². The third kappa shape index (κ3) is 2.16. The van der Waals surface area contributed by atoms with Crippen molar-refractivity contribution in [1.82, 2.24) is 4.90 Å². The number of benzene rings is 1. The Morgan fingerprint density at radius 1 is 1.19 bits per heavy atom. The molecule has 21 heavy (non-hydrogen) atoms. The topological polar surface area (TPSA) is 61.8 Å². The molecule has 5 heteroatoms. The number of nitrogens with zero attached hydrogens (tertiary/aromatic N) is 1. The van der Waals surface area contributed by atoms with Crippen molar-refractivity contribution < 1.29 is 19.4 Å². The minimum Gasteiger partial charge on any atom is -0.548 e. The zero-order chi connectivity index (χ0) is 15.7. The number of aliphatic carboxylic acids is 1.